The molecule has 0 spiro atoms. The average Bonchev–Trinajstić information content (AvgIpc) is 2.58. The molecule has 156 valence electrons. The molecule has 1 aliphatic heterocycles. The van der Waals surface area contributed by atoms with E-state index in [-0.39, 0.29) is 18.1 Å². The molecule has 1 saturated heterocycles. The van der Waals surface area contributed by atoms with E-state index in [2.05, 4.69) is 0 Å². The molecule has 0 aromatic rings. The molecule has 1 aliphatic carbocycles. The molecule has 27 heavy (non-hydrogen) atoms. The molecule has 0 amide bonds. The van der Waals surface area contributed by atoms with Crippen molar-refractivity contribution in [2.45, 2.75) is 82.9 Å². The highest BCUT2D eigenvalue weighted by Gasteiger charge is 2.50. The summed E-state index contributed by atoms with van der Waals surface area (Å²) in [5, 5.41) is 50.1. The highest BCUT2D eigenvalue weighted by molar-refractivity contribution is 5.81. The predicted molar refractivity (Wildman–Crippen MR) is 95.6 cm³/mol. The number of carbonyl (C=O) groups is 1. The zero-order valence-corrected chi connectivity index (χ0v) is 16.3. The van der Waals surface area contributed by atoms with Crippen LogP contribution in [-0.4, -0.2) is 80.3 Å². The topological polar surface area (TPSA) is 137 Å². The number of aliphatic hydroxyl groups excluding tert-OH is 4. The van der Waals surface area contributed by atoms with Crippen LogP contribution in [0.3, 0.4) is 0 Å². The van der Waals surface area contributed by atoms with Crippen LogP contribution in [-0.2, 0) is 14.3 Å². The normalized spacial score (nSPS) is 43.8. The van der Waals surface area contributed by atoms with E-state index < -0.39 is 54.4 Å². The van der Waals surface area contributed by atoms with Crippen molar-refractivity contribution < 1.29 is 39.8 Å². The molecule has 0 aromatic carbocycles. The quantitative estimate of drug-likeness (QED) is 0.398. The second-order valence-corrected chi connectivity index (χ2v) is 8.43. The number of rotatable bonds is 5. The fourth-order valence-corrected chi connectivity index (χ4v) is 3.98. The van der Waals surface area contributed by atoms with Crippen molar-refractivity contribution in [1.82, 2.24) is 0 Å². The third-order valence-corrected chi connectivity index (χ3v) is 5.83. The van der Waals surface area contributed by atoms with Gasteiger partial charge in [-0.15, -0.1) is 0 Å². The molecule has 5 N–H and O–H groups in total. The lowest BCUT2D eigenvalue weighted by Crippen LogP contribution is -2.59. The minimum absolute atomic E-state index is 0.121. The van der Waals surface area contributed by atoms with Crippen LogP contribution in [0.15, 0.2) is 12.2 Å². The van der Waals surface area contributed by atoms with Gasteiger partial charge in [-0.05, 0) is 12.8 Å². The summed E-state index contributed by atoms with van der Waals surface area (Å²) in [5.74, 6) is -0.138. The van der Waals surface area contributed by atoms with Gasteiger partial charge in [-0.3, -0.25) is 4.79 Å². The molecular formula is C19H32O8. The van der Waals surface area contributed by atoms with Gasteiger partial charge in [-0.25, -0.2) is 0 Å². The number of ketones is 1. The van der Waals surface area contributed by atoms with E-state index in [0.717, 1.165) is 0 Å². The maximum Gasteiger partial charge on any atom is 0.187 e. The molecule has 2 aliphatic rings. The first kappa shape index (κ1) is 22.4. The van der Waals surface area contributed by atoms with Crippen molar-refractivity contribution in [2.24, 2.45) is 11.3 Å². The van der Waals surface area contributed by atoms with Crippen molar-refractivity contribution in [2.75, 3.05) is 6.61 Å². The second kappa shape index (κ2) is 8.24. The smallest absolute Gasteiger partial charge is 0.187 e. The molecule has 1 saturated carbocycles. The SMILES string of the molecule is C[C@@H]1CC(=O)CC(C)(C)[C@@]1(O)/C=C/[C@H](C)O[C@@H]1O[C@H](CO)[C@@H](O)[C@H](O)[C@H]1O. The standard InChI is InChI=1S/C19H32O8/c1-10-7-12(21)8-18(3,4)19(10,25)6-5-11(2)26-17-16(24)15(23)14(22)13(9-20)27-17/h5-6,10-11,13-17,20,22-25H,7-9H2,1-4H3/b6-5+/t10-,11+,13-,14-,15+,16-,17-,19-/m1/s1. The van der Waals surface area contributed by atoms with Gasteiger partial charge in [0.15, 0.2) is 6.29 Å². The van der Waals surface area contributed by atoms with E-state index in [4.69, 9.17) is 9.47 Å². The van der Waals surface area contributed by atoms with Gasteiger partial charge in [0.2, 0.25) is 0 Å². The Bertz CT molecular complexity index is 560. The number of carbonyl (C=O) groups excluding carboxylic acids is 1. The van der Waals surface area contributed by atoms with E-state index in [9.17, 15) is 30.3 Å². The number of aliphatic hydroxyl groups is 5. The van der Waals surface area contributed by atoms with Gasteiger partial charge in [-0.2, -0.15) is 0 Å². The van der Waals surface area contributed by atoms with E-state index in [1.54, 1.807) is 19.1 Å². The fourth-order valence-electron chi connectivity index (χ4n) is 3.98. The summed E-state index contributed by atoms with van der Waals surface area (Å²) in [4.78, 5) is 11.9. The van der Waals surface area contributed by atoms with Gasteiger partial charge in [-0.1, -0.05) is 32.9 Å². The van der Waals surface area contributed by atoms with Crippen molar-refractivity contribution >= 4 is 5.78 Å². The third kappa shape index (κ3) is 4.42. The Balaban J connectivity index is 2.08. The summed E-state index contributed by atoms with van der Waals surface area (Å²) >= 11 is 0. The van der Waals surface area contributed by atoms with Crippen molar-refractivity contribution in [1.29, 1.82) is 0 Å². The zero-order chi connectivity index (χ0) is 20.6. The Kier molecular flexibility index (Phi) is 6.85. The van der Waals surface area contributed by atoms with Crippen LogP contribution in [0.1, 0.15) is 40.5 Å². The second-order valence-electron chi connectivity index (χ2n) is 8.43. The van der Waals surface area contributed by atoms with Crippen LogP contribution >= 0.6 is 0 Å². The number of hydrogen-bond donors (Lipinski definition) is 5. The van der Waals surface area contributed by atoms with Crippen LogP contribution < -0.4 is 0 Å². The highest BCUT2D eigenvalue weighted by atomic mass is 16.7. The van der Waals surface area contributed by atoms with E-state index in [1.165, 1.54) is 0 Å². The van der Waals surface area contributed by atoms with E-state index in [0.29, 0.717) is 6.42 Å². The Morgan fingerprint density at radius 1 is 1.26 bits per heavy atom. The molecule has 2 fully saturated rings. The van der Waals surface area contributed by atoms with Crippen LogP contribution in [0.5, 0.6) is 0 Å². The lowest BCUT2D eigenvalue weighted by atomic mass is 9.60. The maximum atomic E-state index is 11.9. The van der Waals surface area contributed by atoms with Crippen molar-refractivity contribution in [3.63, 3.8) is 0 Å². The highest BCUT2D eigenvalue weighted by Crippen LogP contribution is 2.46. The number of ether oxygens (including phenoxy) is 2. The summed E-state index contributed by atoms with van der Waals surface area (Å²) in [5.41, 5.74) is -1.84. The monoisotopic (exact) mass is 388 g/mol. The minimum atomic E-state index is -1.51. The third-order valence-electron chi connectivity index (χ3n) is 5.83. The first-order chi connectivity index (χ1) is 12.4. The molecule has 0 radical (unpaired) electrons. The lowest BCUT2D eigenvalue weighted by molar-refractivity contribution is -0.306. The fraction of sp³-hybridized carbons (Fsp3) is 0.842. The average molecular weight is 388 g/mol. The number of Topliss-reactive ketones (excluding diaryl/α,β-unsaturated/α-hetero) is 1. The summed E-state index contributed by atoms with van der Waals surface area (Å²) < 4.78 is 10.9. The van der Waals surface area contributed by atoms with Gasteiger partial charge in [0.1, 0.15) is 30.2 Å². The number of hydrogen-bond acceptors (Lipinski definition) is 8. The zero-order valence-electron chi connectivity index (χ0n) is 16.3. The molecule has 8 heteroatoms. The molecule has 8 nitrogen and oxygen atoms in total. The van der Waals surface area contributed by atoms with Gasteiger partial charge < -0.3 is 35.0 Å². The summed E-state index contributed by atoms with van der Waals surface area (Å²) in [7, 11) is 0. The van der Waals surface area contributed by atoms with Crippen LogP contribution in [0.2, 0.25) is 0 Å². The summed E-state index contributed by atoms with van der Waals surface area (Å²) in [6, 6.07) is 0. The molecule has 0 unspecified atom stereocenters. The van der Waals surface area contributed by atoms with E-state index in [1.807, 2.05) is 20.8 Å². The summed E-state index contributed by atoms with van der Waals surface area (Å²) in [6.07, 6.45) is -3.51. The van der Waals surface area contributed by atoms with Gasteiger partial charge in [0, 0.05) is 18.3 Å². The van der Waals surface area contributed by atoms with Crippen molar-refractivity contribution in [3.8, 4) is 0 Å². The first-order valence-electron chi connectivity index (χ1n) is 9.32. The molecule has 1 heterocycles. The summed E-state index contributed by atoms with van der Waals surface area (Å²) in [6.45, 7) is 6.65. The van der Waals surface area contributed by atoms with Gasteiger partial charge in [0.25, 0.3) is 0 Å². The molecular weight excluding hydrogens is 356 g/mol. The Labute approximate surface area is 159 Å². The van der Waals surface area contributed by atoms with Crippen molar-refractivity contribution in [3.05, 3.63) is 12.2 Å². The van der Waals surface area contributed by atoms with Gasteiger partial charge >= 0.3 is 0 Å². The van der Waals surface area contributed by atoms with Crippen LogP contribution in [0, 0.1) is 11.3 Å². The van der Waals surface area contributed by atoms with Crippen LogP contribution in [0.25, 0.3) is 0 Å². The minimum Gasteiger partial charge on any atom is -0.394 e. The molecule has 0 aromatic heterocycles. The Hall–Kier alpha value is -0.870. The molecule has 2 rings (SSSR count). The largest absolute Gasteiger partial charge is 0.394 e. The van der Waals surface area contributed by atoms with Gasteiger partial charge in [0.05, 0.1) is 18.3 Å². The predicted octanol–water partition coefficient (Wildman–Crippen LogP) is -0.496. The molecule has 8 atom stereocenters. The maximum absolute atomic E-state index is 11.9. The van der Waals surface area contributed by atoms with Crippen LogP contribution in [0.4, 0.5) is 0 Å². The first-order valence-corrected chi connectivity index (χ1v) is 9.32. The Morgan fingerprint density at radius 2 is 1.89 bits per heavy atom. The Morgan fingerprint density at radius 3 is 2.44 bits per heavy atom. The molecule has 0 bridgehead atoms. The lowest BCUT2D eigenvalue weighted by Gasteiger charge is -2.48. The van der Waals surface area contributed by atoms with E-state index >= 15 is 0 Å².